The molecule has 0 aliphatic rings. The Balaban J connectivity index is 1.89. The zero-order valence-corrected chi connectivity index (χ0v) is 14.2. The van der Waals surface area contributed by atoms with Crippen molar-refractivity contribution in [2.75, 3.05) is 7.05 Å². The van der Waals surface area contributed by atoms with E-state index < -0.39 is 0 Å². The van der Waals surface area contributed by atoms with E-state index in [1.54, 1.807) is 4.90 Å². The molecule has 0 aliphatic carbocycles. The van der Waals surface area contributed by atoms with Gasteiger partial charge < -0.3 is 4.90 Å². The van der Waals surface area contributed by atoms with Gasteiger partial charge in [-0.05, 0) is 31.5 Å². The molecule has 3 aromatic rings. The third-order valence-electron chi connectivity index (χ3n) is 4.12. The van der Waals surface area contributed by atoms with Gasteiger partial charge in [0.15, 0.2) is 0 Å². The number of amides is 1. The van der Waals surface area contributed by atoms with Crippen LogP contribution < -0.4 is 0 Å². The van der Waals surface area contributed by atoms with E-state index in [9.17, 15) is 4.79 Å². The van der Waals surface area contributed by atoms with Crippen molar-refractivity contribution < 1.29 is 4.79 Å². The van der Waals surface area contributed by atoms with E-state index in [2.05, 4.69) is 5.10 Å². The number of carbonyl (C=O) groups excluding carboxylic acids is 1. The lowest BCUT2D eigenvalue weighted by molar-refractivity contribution is 0.0783. The molecule has 1 aromatic heterocycles. The highest BCUT2D eigenvalue weighted by Crippen LogP contribution is 2.20. The highest BCUT2D eigenvalue weighted by Gasteiger charge is 2.22. The average Bonchev–Trinajstić information content (AvgIpc) is 2.90. The first-order chi connectivity index (χ1) is 11.6. The molecule has 0 saturated heterocycles. The number of benzene rings is 2. The fraction of sp³-hybridized carbons (Fsp3) is 0.200. The van der Waals surface area contributed by atoms with E-state index in [0.717, 1.165) is 22.6 Å². The summed E-state index contributed by atoms with van der Waals surface area (Å²) in [4.78, 5) is 14.6. The normalized spacial score (nSPS) is 10.6. The lowest BCUT2D eigenvalue weighted by atomic mass is 10.1. The van der Waals surface area contributed by atoms with Gasteiger partial charge in [0.1, 0.15) is 0 Å². The second-order valence-electron chi connectivity index (χ2n) is 5.94. The van der Waals surface area contributed by atoms with Crippen LogP contribution in [-0.2, 0) is 6.54 Å². The molecule has 0 N–H and O–H groups in total. The minimum Gasteiger partial charge on any atom is -0.337 e. The first-order valence-electron chi connectivity index (χ1n) is 7.99. The van der Waals surface area contributed by atoms with Gasteiger partial charge in [-0.2, -0.15) is 5.10 Å². The van der Waals surface area contributed by atoms with Crippen LogP contribution in [0.25, 0.3) is 5.69 Å². The number of hydrogen-bond acceptors (Lipinski definition) is 2. The van der Waals surface area contributed by atoms with Gasteiger partial charge in [0.05, 0.1) is 22.6 Å². The topological polar surface area (TPSA) is 38.1 Å². The molecular weight excluding hydrogens is 298 g/mol. The Labute approximate surface area is 142 Å². The van der Waals surface area contributed by atoms with Crippen LogP contribution in [0.2, 0.25) is 0 Å². The summed E-state index contributed by atoms with van der Waals surface area (Å²) >= 11 is 0. The molecule has 0 fully saturated rings. The summed E-state index contributed by atoms with van der Waals surface area (Å²) in [6.07, 6.45) is 0. The molecule has 0 atom stereocenters. The highest BCUT2D eigenvalue weighted by molar-refractivity contribution is 5.96. The van der Waals surface area contributed by atoms with Crippen LogP contribution in [0.1, 0.15) is 27.3 Å². The molecule has 1 amide bonds. The quantitative estimate of drug-likeness (QED) is 0.734. The van der Waals surface area contributed by atoms with Crippen molar-refractivity contribution in [1.82, 2.24) is 14.7 Å². The van der Waals surface area contributed by atoms with Crippen LogP contribution in [0.3, 0.4) is 0 Å². The molecule has 0 spiro atoms. The summed E-state index contributed by atoms with van der Waals surface area (Å²) < 4.78 is 1.83. The van der Waals surface area contributed by atoms with E-state index in [1.807, 2.05) is 86.2 Å². The van der Waals surface area contributed by atoms with Gasteiger partial charge in [-0.1, -0.05) is 48.5 Å². The van der Waals surface area contributed by atoms with Gasteiger partial charge in [0, 0.05) is 13.6 Å². The fourth-order valence-corrected chi connectivity index (χ4v) is 2.89. The minimum atomic E-state index is -0.00367. The Bertz CT molecular complexity index is 838. The summed E-state index contributed by atoms with van der Waals surface area (Å²) in [5, 5.41) is 4.56. The van der Waals surface area contributed by atoms with E-state index in [-0.39, 0.29) is 5.91 Å². The number of carbonyl (C=O) groups is 1. The van der Waals surface area contributed by atoms with E-state index >= 15 is 0 Å². The van der Waals surface area contributed by atoms with Crippen molar-refractivity contribution in [3.05, 3.63) is 83.2 Å². The Morgan fingerprint density at radius 3 is 2.21 bits per heavy atom. The number of nitrogens with zero attached hydrogens (tertiary/aromatic N) is 3. The van der Waals surface area contributed by atoms with Crippen molar-refractivity contribution in [3.8, 4) is 5.69 Å². The standard InChI is InChI=1S/C20H21N3O/c1-15-19(16(2)23(21-15)18-12-8-5-9-13-18)20(24)22(3)14-17-10-6-4-7-11-17/h4-13H,14H2,1-3H3. The van der Waals surface area contributed by atoms with Crippen molar-refractivity contribution >= 4 is 5.91 Å². The van der Waals surface area contributed by atoms with Crippen molar-refractivity contribution in [2.45, 2.75) is 20.4 Å². The highest BCUT2D eigenvalue weighted by atomic mass is 16.2. The maximum Gasteiger partial charge on any atom is 0.257 e. The summed E-state index contributed by atoms with van der Waals surface area (Å²) in [7, 11) is 1.83. The summed E-state index contributed by atoms with van der Waals surface area (Å²) in [5.41, 5.74) is 4.36. The van der Waals surface area contributed by atoms with Crippen molar-refractivity contribution in [2.24, 2.45) is 0 Å². The van der Waals surface area contributed by atoms with Gasteiger partial charge in [-0.15, -0.1) is 0 Å². The van der Waals surface area contributed by atoms with Gasteiger partial charge >= 0.3 is 0 Å². The van der Waals surface area contributed by atoms with Crippen LogP contribution >= 0.6 is 0 Å². The predicted octanol–water partition coefficient (Wildman–Crippen LogP) is 3.76. The fourth-order valence-electron chi connectivity index (χ4n) is 2.89. The van der Waals surface area contributed by atoms with E-state index in [1.165, 1.54) is 0 Å². The first kappa shape index (κ1) is 16.0. The third-order valence-corrected chi connectivity index (χ3v) is 4.12. The molecule has 0 aliphatic heterocycles. The van der Waals surface area contributed by atoms with E-state index in [4.69, 9.17) is 0 Å². The van der Waals surface area contributed by atoms with Crippen LogP contribution in [0.5, 0.6) is 0 Å². The lowest BCUT2D eigenvalue weighted by Crippen LogP contribution is -2.27. The number of rotatable bonds is 4. The number of hydrogen-bond donors (Lipinski definition) is 0. The van der Waals surface area contributed by atoms with E-state index in [0.29, 0.717) is 12.1 Å². The average molecular weight is 319 g/mol. The molecule has 1 heterocycles. The summed E-state index contributed by atoms with van der Waals surface area (Å²) in [6, 6.07) is 19.9. The van der Waals surface area contributed by atoms with Crippen molar-refractivity contribution in [3.63, 3.8) is 0 Å². The van der Waals surface area contributed by atoms with Gasteiger partial charge in [-0.25, -0.2) is 4.68 Å². The molecule has 122 valence electrons. The molecule has 2 aromatic carbocycles. The monoisotopic (exact) mass is 319 g/mol. The molecule has 3 rings (SSSR count). The maximum absolute atomic E-state index is 12.9. The number of para-hydroxylation sites is 1. The number of aryl methyl sites for hydroxylation is 1. The molecular formula is C20H21N3O. The summed E-state index contributed by atoms with van der Waals surface area (Å²) in [5.74, 6) is -0.00367. The molecule has 4 heteroatoms. The Morgan fingerprint density at radius 1 is 1.00 bits per heavy atom. The molecule has 0 saturated carbocycles. The first-order valence-corrected chi connectivity index (χ1v) is 7.99. The van der Waals surface area contributed by atoms with Crippen molar-refractivity contribution in [1.29, 1.82) is 0 Å². The Hall–Kier alpha value is -2.88. The van der Waals surface area contributed by atoms with Crippen LogP contribution in [-0.4, -0.2) is 27.6 Å². The zero-order chi connectivity index (χ0) is 17.1. The maximum atomic E-state index is 12.9. The smallest absolute Gasteiger partial charge is 0.257 e. The molecule has 0 unspecified atom stereocenters. The van der Waals surface area contributed by atoms with Gasteiger partial charge in [-0.3, -0.25) is 4.79 Å². The minimum absolute atomic E-state index is 0.00367. The van der Waals surface area contributed by atoms with Gasteiger partial charge in [0.2, 0.25) is 0 Å². The Morgan fingerprint density at radius 2 is 1.58 bits per heavy atom. The second kappa shape index (κ2) is 6.71. The summed E-state index contributed by atoms with van der Waals surface area (Å²) in [6.45, 7) is 4.40. The lowest BCUT2D eigenvalue weighted by Gasteiger charge is -2.17. The second-order valence-corrected chi connectivity index (χ2v) is 5.94. The molecule has 0 bridgehead atoms. The third kappa shape index (κ3) is 3.08. The molecule has 0 radical (unpaired) electrons. The van der Waals surface area contributed by atoms with Crippen LogP contribution in [0.4, 0.5) is 0 Å². The predicted molar refractivity (Wildman–Crippen MR) is 95.3 cm³/mol. The molecule has 24 heavy (non-hydrogen) atoms. The van der Waals surface area contributed by atoms with Crippen LogP contribution in [0, 0.1) is 13.8 Å². The number of aromatic nitrogens is 2. The van der Waals surface area contributed by atoms with Crippen LogP contribution in [0.15, 0.2) is 60.7 Å². The Kier molecular flexibility index (Phi) is 4.47. The molecule has 4 nitrogen and oxygen atoms in total. The SMILES string of the molecule is Cc1nn(-c2ccccc2)c(C)c1C(=O)N(C)Cc1ccccc1. The largest absolute Gasteiger partial charge is 0.337 e. The van der Waals surface area contributed by atoms with Gasteiger partial charge in [0.25, 0.3) is 5.91 Å². The zero-order valence-electron chi connectivity index (χ0n) is 14.2.